The Morgan fingerprint density at radius 1 is 1.09 bits per heavy atom. The van der Waals surface area contributed by atoms with Gasteiger partial charge in [0, 0.05) is 0 Å². The lowest BCUT2D eigenvalue weighted by Gasteiger charge is -2.26. The summed E-state index contributed by atoms with van der Waals surface area (Å²) in [6, 6.07) is 0. The molecule has 0 spiro atoms. The molecule has 6 nitrogen and oxygen atoms in total. The van der Waals surface area contributed by atoms with Crippen LogP contribution in [-0.2, 0) is 19.4 Å². The monoisotopic (exact) mass is 314 g/mol. The molecule has 0 heterocycles. The maximum absolute atomic E-state index is 11.5. The van der Waals surface area contributed by atoms with Crippen LogP contribution in [0.15, 0.2) is 11.3 Å². The maximum Gasteiger partial charge on any atom is 0.375 e. The largest absolute Gasteiger partial charge is 0.478 e. The first-order chi connectivity index (χ1) is 10.3. The highest BCUT2D eigenvalue weighted by molar-refractivity contribution is 5.97. The van der Waals surface area contributed by atoms with Gasteiger partial charge in [0.25, 0.3) is 5.76 Å². The number of carbonyl (C=O) groups is 2. The molecule has 1 fully saturated rings. The molecule has 0 bridgehead atoms. The van der Waals surface area contributed by atoms with Crippen molar-refractivity contribution in [3.63, 3.8) is 0 Å². The molecule has 6 heteroatoms. The van der Waals surface area contributed by atoms with Crippen LogP contribution < -0.4 is 0 Å². The molecule has 0 aromatic rings. The zero-order chi connectivity index (χ0) is 16.8. The van der Waals surface area contributed by atoms with E-state index in [-0.39, 0.29) is 11.5 Å². The predicted molar refractivity (Wildman–Crippen MR) is 80.0 cm³/mol. The third-order valence-electron chi connectivity index (χ3n) is 3.89. The minimum Gasteiger partial charge on any atom is -0.478 e. The molecule has 0 amide bonds. The third kappa shape index (κ3) is 5.33. The van der Waals surface area contributed by atoms with Crippen LogP contribution in [0.3, 0.4) is 0 Å². The Labute approximate surface area is 131 Å². The molecule has 126 valence electrons. The smallest absolute Gasteiger partial charge is 0.375 e. The first-order valence-electron chi connectivity index (χ1n) is 7.85. The van der Waals surface area contributed by atoms with E-state index in [2.05, 4.69) is 0 Å². The molecule has 2 N–H and O–H groups in total. The quantitative estimate of drug-likeness (QED) is 0.308. The Hall–Kier alpha value is -1.56. The predicted octanol–water partition coefficient (Wildman–Crippen LogP) is 3.52. The number of carboxylic acid groups (broad SMARTS) is 2. The van der Waals surface area contributed by atoms with Crippen LogP contribution in [0.4, 0.5) is 0 Å². The van der Waals surface area contributed by atoms with Gasteiger partial charge in [0.2, 0.25) is 0 Å². The van der Waals surface area contributed by atoms with Gasteiger partial charge < -0.3 is 15.1 Å². The molecule has 0 aromatic carbocycles. The number of rotatable bonds is 8. The van der Waals surface area contributed by atoms with Gasteiger partial charge in [0.1, 0.15) is 5.60 Å². The van der Waals surface area contributed by atoms with Crippen molar-refractivity contribution in [2.75, 3.05) is 0 Å². The zero-order valence-electron chi connectivity index (χ0n) is 13.6. The number of carboxylic acids is 2. The van der Waals surface area contributed by atoms with Crippen molar-refractivity contribution in [3.05, 3.63) is 11.3 Å². The van der Waals surface area contributed by atoms with Gasteiger partial charge in [-0.2, -0.15) is 4.89 Å². The minimum absolute atomic E-state index is 0.181. The van der Waals surface area contributed by atoms with Gasteiger partial charge in [-0.15, -0.1) is 0 Å². The highest BCUT2D eigenvalue weighted by Gasteiger charge is 2.32. The molecule has 0 saturated heterocycles. The van der Waals surface area contributed by atoms with E-state index in [1.165, 1.54) is 0 Å². The van der Waals surface area contributed by atoms with Crippen molar-refractivity contribution in [2.24, 2.45) is 5.92 Å². The van der Waals surface area contributed by atoms with Gasteiger partial charge in [-0.1, -0.05) is 32.6 Å². The first-order valence-corrected chi connectivity index (χ1v) is 7.85. The molecular weight excluding hydrogens is 288 g/mol. The Kier molecular flexibility index (Phi) is 6.87. The summed E-state index contributed by atoms with van der Waals surface area (Å²) < 4.78 is 0. The van der Waals surface area contributed by atoms with Crippen molar-refractivity contribution in [3.8, 4) is 0 Å². The van der Waals surface area contributed by atoms with E-state index in [0.29, 0.717) is 19.3 Å². The van der Waals surface area contributed by atoms with Gasteiger partial charge in [-0.25, -0.2) is 9.59 Å². The summed E-state index contributed by atoms with van der Waals surface area (Å²) in [5.74, 6) is -3.55. The summed E-state index contributed by atoms with van der Waals surface area (Å²) >= 11 is 0. The van der Waals surface area contributed by atoms with Crippen LogP contribution in [0.5, 0.6) is 0 Å². The topological polar surface area (TPSA) is 93.1 Å². The van der Waals surface area contributed by atoms with Crippen LogP contribution in [0.25, 0.3) is 0 Å². The molecule has 1 aliphatic carbocycles. The second-order valence-corrected chi connectivity index (χ2v) is 6.36. The molecule has 0 aliphatic heterocycles. The van der Waals surface area contributed by atoms with Gasteiger partial charge in [0.05, 0.1) is 5.57 Å². The van der Waals surface area contributed by atoms with Crippen LogP contribution >= 0.6 is 0 Å². The lowest BCUT2D eigenvalue weighted by atomic mass is 9.83. The van der Waals surface area contributed by atoms with E-state index in [1.807, 2.05) is 6.92 Å². The van der Waals surface area contributed by atoms with E-state index in [0.717, 1.165) is 25.7 Å². The van der Waals surface area contributed by atoms with Gasteiger partial charge in [-0.05, 0) is 39.0 Å². The Morgan fingerprint density at radius 2 is 1.68 bits per heavy atom. The fraction of sp³-hybridized carbons (Fsp3) is 0.750. The summed E-state index contributed by atoms with van der Waals surface area (Å²) in [4.78, 5) is 33.2. The summed E-state index contributed by atoms with van der Waals surface area (Å²) in [7, 11) is 0. The van der Waals surface area contributed by atoms with Gasteiger partial charge in [0.15, 0.2) is 0 Å². The van der Waals surface area contributed by atoms with Crippen molar-refractivity contribution < 1.29 is 29.6 Å². The Morgan fingerprint density at radius 3 is 2.14 bits per heavy atom. The van der Waals surface area contributed by atoms with Crippen LogP contribution in [0.2, 0.25) is 0 Å². The minimum atomic E-state index is -1.41. The van der Waals surface area contributed by atoms with Crippen molar-refractivity contribution in [2.45, 2.75) is 71.3 Å². The first kappa shape index (κ1) is 18.5. The molecule has 0 atom stereocenters. The maximum atomic E-state index is 11.5. The van der Waals surface area contributed by atoms with Crippen LogP contribution in [0.1, 0.15) is 65.7 Å². The van der Waals surface area contributed by atoms with Crippen molar-refractivity contribution in [1.82, 2.24) is 0 Å². The molecule has 1 rings (SSSR count). The summed E-state index contributed by atoms with van der Waals surface area (Å²) in [5, 5.41) is 18.7. The standard InChI is InChI=1S/C16H26O6/c1-4-10-16(2,3)22-21-13(15(19)20)12(14(17)18)11-8-6-5-7-9-11/h11H,4-10H2,1-3H3,(H,17,18)(H,19,20). The fourth-order valence-electron chi connectivity index (χ4n) is 2.84. The molecule has 1 aliphatic rings. The average molecular weight is 314 g/mol. The van der Waals surface area contributed by atoms with E-state index < -0.39 is 23.3 Å². The molecule has 0 radical (unpaired) electrons. The number of aliphatic carboxylic acids is 2. The average Bonchev–Trinajstić information content (AvgIpc) is 2.43. The normalized spacial score (nSPS) is 17.8. The SMILES string of the molecule is CCCC(C)(C)OOC(C(=O)O)=C(C(=O)O)C1CCCCC1. The second-order valence-electron chi connectivity index (χ2n) is 6.36. The van der Waals surface area contributed by atoms with Crippen molar-refractivity contribution in [1.29, 1.82) is 0 Å². The zero-order valence-corrected chi connectivity index (χ0v) is 13.6. The molecule has 1 saturated carbocycles. The van der Waals surface area contributed by atoms with E-state index in [1.54, 1.807) is 13.8 Å². The van der Waals surface area contributed by atoms with Crippen molar-refractivity contribution >= 4 is 11.9 Å². The molecule has 0 unspecified atom stereocenters. The summed E-state index contributed by atoms with van der Waals surface area (Å²) in [6.45, 7) is 5.53. The highest BCUT2D eigenvalue weighted by atomic mass is 17.2. The van der Waals surface area contributed by atoms with E-state index in [9.17, 15) is 19.8 Å². The van der Waals surface area contributed by atoms with E-state index in [4.69, 9.17) is 9.78 Å². The molecular formula is C16H26O6. The number of hydrogen-bond acceptors (Lipinski definition) is 4. The summed E-state index contributed by atoms with van der Waals surface area (Å²) in [6.07, 6.45) is 5.70. The Bertz CT molecular complexity index is 432. The lowest BCUT2D eigenvalue weighted by Crippen LogP contribution is -2.28. The fourth-order valence-corrected chi connectivity index (χ4v) is 2.84. The van der Waals surface area contributed by atoms with Crippen LogP contribution in [0, 0.1) is 5.92 Å². The van der Waals surface area contributed by atoms with E-state index >= 15 is 0 Å². The third-order valence-corrected chi connectivity index (χ3v) is 3.89. The van der Waals surface area contributed by atoms with Crippen LogP contribution in [-0.4, -0.2) is 27.8 Å². The lowest BCUT2D eigenvalue weighted by molar-refractivity contribution is -0.327. The highest BCUT2D eigenvalue weighted by Crippen LogP contribution is 2.32. The van der Waals surface area contributed by atoms with Gasteiger partial charge in [-0.3, -0.25) is 0 Å². The summed E-state index contributed by atoms with van der Waals surface area (Å²) in [5.41, 5.74) is -0.856. The molecule has 0 aromatic heterocycles. The number of hydrogen-bond donors (Lipinski definition) is 2. The second kappa shape index (κ2) is 8.17. The van der Waals surface area contributed by atoms with Gasteiger partial charge >= 0.3 is 11.9 Å². The Balaban J connectivity index is 3.00. The molecule has 22 heavy (non-hydrogen) atoms.